The standard InChI is InChI=1S/C25H30N6O3/c1-14-10-8-9-11-22(14)33-13-21-19(6)34-29-24(21)25(32)26-23-16(3)28-31(18(23)5)12-20-15(2)27-30(7)17(20)4/h8-11H,12-13H2,1-7H3,(H,26,32). The van der Waals surface area contributed by atoms with Crippen LogP contribution in [0.4, 0.5) is 5.69 Å². The molecule has 0 unspecified atom stereocenters. The van der Waals surface area contributed by atoms with Crippen LogP contribution in [-0.4, -0.2) is 30.6 Å². The average Bonchev–Trinajstić information content (AvgIpc) is 3.38. The molecule has 0 saturated heterocycles. The molecular weight excluding hydrogens is 432 g/mol. The highest BCUT2D eigenvalue weighted by molar-refractivity contribution is 6.04. The SMILES string of the molecule is Cc1ccccc1OCc1c(C(=O)Nc2c(C)nn(Cc3c(C)nn(C)c3C)c2C)noc1C. The zero-order chi connectivity index (χ0) is 24.6. The largest absolute Gasteiger partial charge is 0.488 e. The van der Waals surface area contributed by atoms with E-state index in [-0.39, 0.29) is 18.2 Å². The fourth-order valence-electron chi connectivity index (χ4n) is 4.01. The molecule has 3 aromatic heterocycles. The summed E-state index contributed by atoms with van der Waals surface area (Å²) in [5, 5.41) is 16.1. The van der Waals surface area contributed by atoms with E-state index in [1.165, 1.54) is 0 Å². The zero-order valence-electron chi connectivity index (χ0n) is 20.7. The van der Waals surface area contributed by atoms with E-state index in [4.69, 9.17) is 9.26 Å². The Labute approximate surface area is 198 Å². The number of aromatic nitrogens is 5. The van der Waals surface area contributed by atoms with Crippen molar-refractivity contribution in [3.63, 3.8) is 0 Å². The minimum Gasteiger partial charge on any atom is -0.488 e. The van der Waals surface area contributed by atoms with Crippen LogP contribution in [0.3, 0.4) is 0 Å². The van der Waals surface area contributed by atoms with Gasteiger partial charge in [-0.05, 0) is 53.2 Å². The number of benzene rings is 1. The van der Waals surface area contributed by atoms with Crippen LogP contribution in [0.25, 0.3) is 0 Å². The first kappa shape index (κ1) is 23.3. The molecule has 1 aromatic carbocycles. The summed E-state index contributed by atoms with van der Waals surface area (Å²) in [6, 6.07) is 7.73. The predicted octanol–water partition coefficient (Wildman–Crippen LogP) is 4.33. The number of hydrogen-bond donors (Lipinski definition) is 1. The molecule has 1 N–H and O–H groups in total. The van der Waals surface area contributed by atoms with E-state index >= 15 is 0 Å². The number of ether oxygens (including phenoxy) is 1. The maximum atomic E-state index is 13.2. The first-order valence-electron chi connectivity index (χ1n) is 11.1. The molecule has 9 heteroatoms. The highest BCUT2D eigenvalue weighted by Crippen LogP contribution is 2.25. The van der Waals surface area contributed by atoms with Crippen molar-refractivity contribution in [2.24, 2.45) is 7.05 Å². The van der Waals surface area contributed by atoms with Crippen molar-refractivity contribution in [1.29, 1.82) is 0 Å². The van der Waals surface area contributed by atoms with E-state index in [1.807, 2.05) is 75.3 Å². The molecule has 0 atom stereocenters. The molecule has 4 aromatic rings. The number of nitrogens with one attached hydrogen (secondary N) is 1. The highest BCUT2D eigenvalue weighted by Gasteiger charge is 2.24. The second-order valence-electron chi connectivity index (χ2n) is 8.55. The minimum atomic E-state index is -0.361. The zero-order valence-corrected chi connectivity index (χ0v) is 20.7. The third-order valence-electron chi connectivity index (χ3n) is 6.25. The molecular formula is C25H30N6O3. The topological polar surface area (TPSA) is 100 Å². The molecule has 0 aliphatic carbocycles. The molecule has 4 rings (SSSR count). The Balaban J connectivity index is 1.54. The molecule has 0 bridgehead atoms. The van der Waals surface area contributed by atoms with Gasteiger partial charge < -0.3 is 14.6 Å². The quantitative estimate of drug-likeness (QED) is 0.439. The van der Waals surface area contributed by atoms with Crippen molar-refractivity contribution >= 4 is 11.6 Å². The van der Waals surface area contributed by atoms with Crippen molar-refractivity contribution in [3.8, 4) is 5.75 Å². The maximum Gasteiger partial charge on any atom is 0.278 e. The summed E-state index contributed by atoms with van der Waals surface area (Å²) < 4.78 is 15.0. The van der Waals surface area contributed by atoms with E-state index in [0.717, 1.165) is 39.7 Å². The lowest BCUT2D eigenvalue weighted by Crippen LogP contribution is -2.16. The van der Waals surface area contributed by atoms with Gasteiger partial charge in [0.25, 0.3) is 5.91 Å². The van der Waals surface area contributed by atoms with Gasteiger partial charge in [0, 0.05) is 18.3 Å². The number of amides is 1. The Hall–Kier alpha value is -3.88. The van der Waals surface area contributed by atoms with Crippen LogP contribution in [0.1, 0.15) is 55.7 Å². The van der Waals surface area contributed by atoms with E-state index < -0.39 is 0 Å². The van der Waals surface area contributed by atoms with E-state index in [0.29, 0.717) is 23.6 Å². The normalized spacial score (nSPS) is 11.1. The number of para-hydroxylation sites is 1. The average molecular weight is 463 g/mol. The highest BCUT2D eigenvalue weighted by atomic mass is 16.5. The van der Waals surface area contributed by atoms with Crippen molar-refractivity contribution < 1.29 is 14.1 Å². The summed E-state index contributed by atoms with van der Waals surface area (Å²) in [5.74, 6) is 0.938. The Bertz CT molecular complexity index is 1360. The van der Waals surface area contributed by atoms with Crippen molar-refractivity contribution in [3.05, 3.63) is 75.2 Å². The second kappa shape index (κ2) is 9.17. The molecule has 9 nitrogen and oxygen atoms in total. The van der Waals surface area contributed by atoms with Crippen molar-refractivity contribution in [1.82, 2.24) is 24.7 Å². The third kappa shape index (κ3) is 4.33. The summed E-state index contributed by atoms with van der Waals surface area (Å²) >= 11 is 0. The lowest BCUT2D eigenvalue weighted by atomic mass is 10.2. The van der Waals surface area contributed by atoms with Gasteiger partial charge in [-0.1, -0.05) is 23.4 Å². The van der Waals surface area contributed by atoms with Gasteiger partial charge in [-0.2, -0.15) is 10.2 Å². The predicted molar refractivity (Wildman–Crippen MR) is 128 cm³/mol. The Morgan fingerprint density at radius 2 is 1.74 bits per heavy atom. The third-order valence-corrected chi connectivity index (χ3v) is 6.25. The Kier molecular flexibility index (Phi) is 6.28. The van der Waals surface area contributed by atoms with E-state index in [1.54, 1.807) is 6.92 Å². The van der Waals surface area contributed by atoms with Gasteiger partial charge in [0.2, 0.25) is 0 Å². The molecule has 1 amide bonds. The van der Waals surface area contributed by atoms with Crippen LogP contribution in [0, 0.1) is 41.5 Å². The molecule has 34 heavy (non-hydrogen) atoms. The van der Waals surface area contributed by atoms with Crippen LogP contribution in [-0.2, 0) is 20.2 Å². The number of carbonyl (C=O) groups is 1. The van der Waals surface area contributed by atoms with Crippen LogP contribution < -0.4 is 10.1 Å². The maximum absolute atomic E-state index is 13.2. The number of aryl methyl sites for hydroxylation is 5. The van der Waals surface area contributed by atoms with Gasteiger partial charge >= 0.3 is 0 Å². The summed E-state index contributed by atoms with van der Waals surface area (Å²) in [4.78, 5) is 13.2. The molecule has 0 radical (unpaired) electrons. The number of carbonyl (C=O) groups excluding carboxylic acids is 1. The van der Waals surface area contributed by atoms with Gasteiger partial charge in [-0.3, -0.25) is 14.2 Å². The van der Waals surface area contributed by atoms with Crippen LogP contribution in [0.5, 0.6) is 5.75 Å². The Morgan fingerprint density at radius 1 is 1.00 bits per heavy atom. The second-order valence-corrected chi connectivity index (χ2v) is 8.55. The summed E-state index contributed by atoms with van der Waals surface area (Å²) in [6.45, 7) is 12.3. The first-order chi connectivity index (χ1) is 16.2. The summed E-state index contributed by atoms with van der Waals surface area (Å²) in [6.07, 6.45) is 0. The van der Waals surface area contributed by atoms with Gasteiger partial charge in [0.15, 0.2) is 5.69 Å². The molecule has 0 aliphatic rings. The summed E-state index contributed by atoms with van der Waals surface area (Å²) in [5.41, 5.74) is 7.25. The molecule has 3 heterocycles. The van der Waals surface area contributed by atoms with Gasteiger partial charge in [0.1, 0.15) is 18.1 Å². The van der Waals surface area contributed by atoms with Gasteiger partial charge in [0.05, 0.1) is 34.9 Å². The molecule has 178 valence electrons. The number of nitrogens with zero attached hydrogens (tertiary/aromatic N) is 5. The van der Waals surface area contributed by atoms with E-state index in [9.17, 15) is 4.79 Å². The Morgan fingerprint density at radius 3 is 2.41 bits per heavy atom. The molecule has 0 fully saturated rings. The lowest BCUT2D eigenvalue weighted by Gasteiger charge is -2.10. The van der Waals surface area contributed by atoms with Gasteiger partial charge in [-0.15, -0.1) is 0 Å². The summed E-state index contributed by atoms with van der Waals surface area (Å²) in [7, 11) is 1.93. The first-order valence-corrected chi connectivity index (χ1v) is 11.1. The molecule has 0 spiro atoms. The smallest absolute Gasteiger partial charge is 0.278 e. The van der Waals surface area contributed by atoms with Crippen molar-refractivity contribution in [2.45, 2.75) is 54.7 Å². The van der Waals surface area contributed by atoms with E-state index in [2.05, 4.69) is 20.7 Å². The molecule has 0 aliphatic heterocycles. The number of anilines is 1. The van der Waals surface area contributed by atoms with Gasteiger partial charge in [-0.25, -0.2) is 0 Å². The van der Waals surface area contributed by atoms with Crippen LogP contribution >= 0.6 is 0 Å². The van der Waals surface area contributed by atoms with Crippen LogP contribution in [0.2, 0.25) is 0 Å². The molecule has 0 saturated carbocycles. The fourth-order valence-corrected chi connectivity index (χ4v) is 4.01. The lowest BCUT2D eigenvalue weighted by molar-refractivity contribution is 0.101. The monoisotopic (exact) mass is 462 g/mol. The minimum absolute atomic E-state index is 0.180. The number of hydrogen-bond acceptors (Lipinski definition) is 6. The fraction of sp³-hybridized carbons (Fsp3) is 0.360. The number of rotatable bonds is 7. The van der Waals surface area contributed by atoms with Crippen molar-refractivity contribution in [2.75, 3.05) is 5.32 Å². The van der Waals surface area contributed by atoms with Crippen LogP contribution in [0.15, 0.2) is 28.8 Å².